The molecule has 32 heavy (non-hydrogen) atoms. The van der Waals surface area contributed by atoms with Crippen LogP contribution in [0.4, 0.5) is 0 Å². The van der Waals surface area contributed by atoms with E-state index in [1.54, 1.807) is 55.8 Å². The Morgan fingerprint density at radius 2 is 1.91 bits per heavy atom. The fourth-order valence-corrected chi connectivity index (χ4v) is 3.70. The normalized spacial score (nSPS) is 12.1. The number of aromatic hydroxyl groups is 1. The Balaban J connectivity index is 1.76. The second-order valence-electron chi connectivity index (χ2n) is 7.15. The number of carbonyl (C=O) groups is 1. The molecular weight excluding hydrogens is 424 g/mol. The second-order valence-corrected chi connectivity index (χ2v) is 7.56. The first-order valence-corrected chi connectivity index (χ1v) is 10.4. The molecule has 4 aromatic rings. The Hall–Kier alpha value is -3.83. The van der Waals surface area contributed by atoms with Gasteiger partial charge in [-0.1, -0.05) is 60.2 Å². The van der Waals surface area contributed by atoms with Crippen LogP contribution in [0.1, 0.15) is 27.5 Å². The van der Waals surface area contributed by atoms with E-state index in [1.807, 2.05) is 42.5 Å². The lowest BCUT2D eigenvalue weighted by Crippen LogP contribution is -2.27. The van der Waals surface area contributed by atoms with Gasteiger partial charge in [0.05, 0.1) is 18.2 Å². The van der Waals surface area contributed by atoms with Crippen LogP contribution in [0.3, 0.4) is 0 Å². The van der Waals surface area contributed by atoms with E-state index in [2.05, 4.69) is 10.3 Å². The molecule has 1 aromatic heterocycles. The molecule has 6 heteroatoms. The van der Waals surface area contributed by atoms with Crippen LogP contribution in [0.15, 0.2) is 85.1 Å². The summed E-state index contributed by atoms with van der Waals surface area (Å²) in [5, 5.41) is 15.0. The average molecular weight is 445 g/mol. The highest BCUT2D eigenvalue weighted by Crippen LogP contribution is 2.37. The van der Waals surface area contributed by atoms with Crippen molar-refractivity contribution in [1.29, 1.82) is 0 Å². The molecule has 160 valence electrons. The molecule has 0 radical (unpaired) electrons. The summed E-state index contributed by atoms with van der Waals surface area (Å²) in [6.45, 7) is 0. The van der Waals surface area contributed by atoms with Crippen LogP contribution in [0.5, 0.6) is 11.5 Å². The molecule has 0 fully saturated rings. The number of carbonyl (C=O) groups excluding carboxylic acids is 1. The molecule has 1 amide bonds. The zero-order valence-corrected chi connectivity index (χ0v) is 18.1. The number of phenols is 1. The first kappa shape index (κ1) is 21.4. The van der Waals surface area contributed by atoms with Gasteiger partial charge in [0.25, 0.3) is 5.91 Å². The van der Waals surface area contributed by atoms with Crippen molar-refractivity contribution >= 4 is 34.5 Å². The van der Waals surface area contributed by atoms with Crippen molar-refractivity contribution in [1.82, 2.24) is 10.3 Å². The predicted molar refractivity (Wildman–Crippen MR) is 127 cm³/mol. The van der Waals surface area contributed by atoms with Crippen molar-refractivity contribution in [2.75, 3.05) is 7.11 Å². The SMILES string of the molecule is COc1cccc(C(=O)NC(/C=C/c2ccccc2)c2cc(Cl)c3cccnc3c2O)c1. The minimum atomic E-state index is -0.655. The average Bonchev–Trinajstić information content (AvgIpc) is 2.84. The summed E-state index contributed by atoms with van der Waals surface area (Å²) in [7, 11) is 1.55. The Labute approximate surface area is 191 Å². The number of nitrogens with one attached hydrogen (secondary N) is 1. The maximum Gasteiger partial charge on any atom is 0.252 e. The van der Waals surface area contributed by atoms with Gasteiger partial charge in [-0.05, 0) is 42.0 Å². The Morgan fingerprint density at radius 3 is 2.69 bits per heavy atom. The molecule has 5 nitrogen and oxygen atoms in total. The quantitative estimate of drug-likeness (QED) is 0.395. The topological polar surface area (TPSA) is 71.5 Å². The van der Waals surface area contributed by atoms with Gasteiger partial charge in [-0.15, -0.1) is 0 Å². The number of fused-ring (bicyclic) bond motifs is 1. The van der Waals surface area contributed by atoms with Crippen molar-refractivity contribution in [3.63, 3.8) is 0 Å². The van der Waals surface area contributed by atoms with Gasteiger partial charge in [-0.2, -0.15) is 0 Å². The number of halogens is 1. The molecule has 0 bridgehead atoms. The van der Waals surface area contributed by atoms with E-state index in [1.165, 1.54) is 0 Å². The van der Waals surface area contributed by atoms with E-state index in [0.29, 0.717) is 32.8 Å². The fraction of sp³-hybridized carbons (Fsp3) is 0.0769. The number of rotatable bonds is 6. The highest BCUT2D eigenvalue weighted by Gasteiger charge is 2.20. The highest BCUT2D eigenvalue weighted by molar-refractivity contribution is 6.35. The number of benzene rings is 3. The summed E-state index contributed by atoms with van der Waals surface area (Å²) in [6, 6.07) is 21.1. The van der Waals surface area contributed by atoms with Gasteiger partial charge in [-0.25, -0.2) is 0 Å². The highest BCUT2D eigenvalue weighted by atomic mass is 35.5. The van der Waals surface area contributed by atoms with E-state index < -0.39 is 6.04 Å². The Morgan fingerprint density at radius 1 is 1.09 bits per heavy atom. The molecule has 2 N–H and O–H groups in total. The number of nitrogens with zero attached hydrogens (tertiary/aromatic N) is 1. The van der Waals surface area contributed by atoms with Crippen LogP contribution >= 0.6 is 11.6 Å². The van der Waals surface area contributed by atoms with E-state index in [4.69, 9.17) is 16.3 Å². The summed E-state index contributed by atoms with van der Waals surface area (Å²) in [4.78, 5) is 17.3. The maximum atomic E-state index is 13.0. The van der Waals surface area contributed by atoms with Crippen molar-refractivity contribution < 1.29 is 14.6 Å². The molecule has 1 heterocycles. The minimum Gasteiger partial charge on any atom is -0.505 e. The van der Waals surface area contributed by atoms with Gasteiger partial charge in [-0.3, -0.25) is 9.78 Å². The zero-order chi connectivity index (χ0) is 22.5. The van der Waals surface area contributed by atoms with Gasteiger partial charge in [0, 0.05) is 22.7 Å². The number of ether oxygens (including phenoxy) is 1. The Bertz CT molecular complexity index is 1290. The van der Waals surface area contributed by atoms with Gasteiger partial charge in [0.2, 0.25) is 0 Å². The lowest BCUT2D eigenvalue weighted by Gasteiger charge is -2.19. The van der Waals surface area contributed by atoms with Crippen LogP contribution in [-0.2, 0) is 0 Å². The number of hydrogen-bond acceptors (Lipinski definition) is 4. The van der Waals surface area contributed by atoms with E-state index in [-0.39, 0.29) is 11.7 Å². The van der Waals surface area contributed by atoms with Crippen LogP contribution in [-0.4, -0.2) is 23.1 Å². The van der Waals surface area contributed by atoms with Gasteiger partial charge < -0.3 is 15.2 Å². The molecule has 3 aromatic carbocycles. The third-order valence-electron chi connectivity index (χ3n) is 5.08. The summed E-state index contributed by atoms with van der Waals surface area (Å²) in [5.74, 6) is 0.233. The molecular formula is C26H21ClN2O3. The fourth-order valence-electron chi connectivity index (χ4n) is 3.43. The molecule has 0 saturated carbocycles. The number of hydrogen-bond donors (Lipinski definition) is 2. The standard InChI is InChI=1S/C26H21ClN2O3/c1-32-19-10-5-9-18(15-19)26(31)29-23(13-12-17-7-3-2-4-8-17)21-16-22(27)20-11-6-14-28-24(20)25(21)30/h2-16,23,30H,1H3,(H,29,31)/b13-12+. The van der Waals surface area contributed by atoms with Crippen LogP contribution < -0.4 is 10.1 Å². The third kappa shape index (κ3) is 4.58. The molecule has 0 saturated heterocycles. The Kier molecular flexibility index (Phi) is 6.38. The minimum absolute atomic E-state index is 0.0290. The largest absolute Gasteiger partial charge is 0.505 e. The molecule has 4 rings (SSSR count). The smallest absolute Gasteiger partial charge is 0.252 e. The number of pyridine rings is 1. The third-order valence-corrected chi connectivity index (χ3v) is 5.39. The lowest BCUT2D eigenvalue weighted by molar-refractivity contribution is 0.0943. The number of aromatic nitrogens is 1. The van der Waals surface area contributed by atoms with E-state index in [9.17, 15) is 9.90 Å². The van der Waals surface area contributed by atoms with Crippen molar-refractivity contribution in [2.24, 2.45) is 0 Å². The maximum absolute atomic E-state index is 13.0. The van der Waals surface area contributed by atoms with Crippen molar-refractivity contribution in [3.05, 3.63) is 107 Å². The summed E-state index contributed by atoms with van der Waals surface area (Å²) in [5.41, 5.74) is 2.22. The predicted octanol–water partition coefficient (Wildman–Crippen LogP) is 5.79. The molecule has 0 aliphatic rings. The lowest BCUT2D eigenvalue weighted by atomic mass is 10.0. The van der Waals surface area contributed by atoms with Gasteiger partial charge in [0.1, 0.15) is 17.0 Å². The summed E-state index contributed by atoms with van der Waals surface area (Å²) in [6.07, 6.45) is 5.28. The summed E-state index contributed by atoms with van der Waals surface area (Å²) >= 11 is 6.48. The van der Waals surface area contributed by atoms with Crippen LogP contribution in [0, 0.1) is 0 Å². The number of phenolic OH excluding ortho intramolecular Hbond substituents is 1. The molecule has 1 unspecified atom stereocenters. The first-order chi connectivity index (χ1) is 15.6. The molecule has 0 spiro atoms. The van der Waals surface area contributed by atoms with Crippen molar-refractivity contribution in [2.45, 2.75) is 6.04 Å². The second kappa shape index (κ2) is 9.54. The van der Waals surface area contributed by atoms with Crippen LogP contribution in [0.2, 0.25) is 5.02 Å². The van der Waals surface area contributed by atoms with Crippen molar-refractivity contribution in [3.8, 4) is 11.5 Å². The van der Waals surface area contributed by atoms with Crippen LogP contribution in [0.25, 0.3) is 17.0 Å². The van der Waals surface area contributed by atoms with E-state index >= 15 is 0 Å². The van der Waals surface area contributed by atoms with Gasteiger partial charge >= 0.3 is 0 Å². The monoisotopic (exact) mass is 444 g/mol. The van der Waals surface area contributed by atoms with Gasteiger partial charge in [0.15, 0.2) is 0 Å². The molecule has 0 aliphatic heterocycles. The first-order valence-electron chi connectivity index (χ1n) is 10.0. The number of methoxy groups -OCH3 is 1. The summed E-state index contributed by atoms with van der Waals surface area (Å²) < 4.78 is 5.22. The molecule has 0 aliphatic carbocycles. The molecule has 1 atom stereocenters. The zero-order valence-electron chi connectivity index (χ0n) is 17.3. The number of amides is 1. The van der Waals surface area contributed by atoms with E-state index in [0.717, 1.165) is 5.56 Å².